The molecule has 0 spiro atoms. The van der Waals surface area contributed by atoms with Crippen LogP contribution in [0.4, 0.5) is 34.6 Å². The van der Waals surface area contributed by atoms with Gasteiger partial charge in [-0.3, -0.25) is 0 Å². The minimum Gasteiger partial charge on any atom is -0.870 e. The molecule has 6 nitrogen and oxygen atoms in total. The van der Waals surface area contributed by atoms with E-state index in [4.69, 9.17) is 105 Å². The van der Waals surface area contributed by atoms with Crippen molar-refractivity contribution < 1.29 is 52.6 Å². The summed E-state index contributed by atoms with van der Waals surface area (Å²) < 4.78 is 52.0. The number of hydrogen-bond acceptors (Lipinski definition) is 4. The largest absolute Gasteiger partial charge is 1.00 e. The molecular formula is C29H11Cl7F4N5NaO. The number of benzene rings is 4. The van der Waals surface area contributed by atoms with E-state index in [1.807, 2.05) is 0 Å². The molecule has 0 bridgehead atoms. The molecule has 0 unspecified atom stereocenters. The van der Waals surface area contributed by atoms with E-state index in [0.29, 0.717) is 0 Å². The molecule has 4 aromatic carbocycles. The summed E-state index contributed by atoms with van der Waals surface area (Å²) in [5, 5.41) is 17.3. The molecule has 0 radical (unpaired) electrons. The molecule has 0 fully saturated rings. The number of rotatable bonds is 2. The number of hydrogen-bond donors (Lipinski definition) is 1. The van der Waals surface area contributed by atoms with Gasteiger partial charge in [0.1, 0.15) is 35.0 Å². The van der Waals surface area contributed by atoms with Crippen LogP contribution in [0.2, 0.25) is 35.2 Å². The Morgan fingerprint density at radius 3 is 1.36 bits per heavy atom. The van der Waals surface area contributed by atoms with Gasteiger partial charge in [-0.15, -0.1) is 0 Å². The third-order valence-corrected chi connectivity index (χ3v) is 8.43. The number of halogens is 11. The Balaban J connectivity index is 0.000000727. The van der Waals surface area contributed by atoms with E-state index in [-0.39, 0.29) is 110 Å². The van der Waals surface area contributed by atoms with Gasteiger partial charge in [-0.05, 0) is 29.8 Å². The molecule has 0 atom stereocenters. The van der Waals surface area contributed by atoms with Crippen LogP contribution in [0.1, 0.15) is 22.3 Å². The monoisotopic (exact) mass is 789 g/mol. The van der Waals surface area contributed by atoms with Gasteiger partial charge in [-0.2, -0.15) is 10.5 Å². The van der Waals surface area contributed by atoms with Crippen LogP contribution in [0.5, 0.6) is 0 Å². The van der Waals surface area contributed by atoms with Crippen molar-refractivity contribution in [3.05, 3.63) is 140 Å². The second-order valence-electron chi connectivity index (χ2n) is 8.08. The normalized spacial score (nSPS) is 9.34. The van der Waals surface area contributed by atoms with Gasteiger partial charge in [0.05, 0.1) is 65.5 Å². The Labute approximate surface area is 322 Å². The SMILES string of the molecule is Nc1c(F)cccc1F.[C-]#[N+]c1c(Cl)c(Cl)c(Cc2c(F)cccc2F)c(C#N)c1Cl.[C-]#[N+]c1c(Cl)c(Cl)c(Cl)c(C#N)c1Cl.[Na+].[OH-]. The van der Waals surface area contributed by atoms with Crippen LogP contribution in [0.15, 0.2) is 36.4 Å². The fourth-order valence-corrected chi connectivity index (χ4v) is 5.19. The molecule has 0 aliphatic carbocycles. The van der Waals surface area contributed by atoms with Gasteiger partial charge in [0.2, 0.25) is 11.4 Å². The van der Waals surface area contributed by atoms with Crippen molar-refractivity contribution in [2.75, 3.05) is 5.73 Å². The molecule has 0 heterocycles. The summed E-state index contributed by atoms with van der Waals surface area (Å²) in [5.41, 5.74) is 3.96. The zero-order valence-electron chi connectivity index (χ0n) is 23.1. The van der Waals surface area contributed by atoms with E-state index in [1.54, 1.807) is 12.1 Å². The third kappa shape index (κ3) is 10.2. The molecule has 0 saturated carbocycles. The molecule has 236 valence electrons. The Kier molecular flexibility index (Phi) is 18.9. The van der Waals surface area contributed by atoms with Gasteiger partial charge in [-0.25, -0.2) is 27.3 Å². The standard InChI is InChI=1S/C15H5Cl3F2N2.C8Cl4N2.C6H5F2N.Na.H2O/c1-22-15-13(17)9(6-21)7(12(16)14(15)18)5-8-10(19)3-2-4-11(8)20;1-14-8-5(10)3(2-13)4(9)6(11)7(8)12;7-4-2-1-3-5(8)6(4)9;;/h2-4H,5H2;;1-3H,9H2;;1H2/q;;;+1;/p-1. The first-order valence-corrected chi connectivity index (χ1v) is 14.1. The molecule has 47 heavy (non-hydrogen) atoms. The van der Waals surface area contributed by atoms with Crippen LogP contribution in [0.3, 0.4) is 0 Å². The number of nitrogens with zero attached hydrogens (tertiary/aromatic N) is 4. The van der Waals surface area contributed by atoms with Crippen molar-refractivity contribution in [3.63, 3.8) is 0 Å². The van der Waals surface area contributed by atoms with Crippen molar-refractivity contribution in [1.82, 2.24) is 0 Å². The van der Waals surface area contributed by atoms with Crippen LogP contribution in [0, 0.1) is 59.1 Å². The van der Waals surface area contributed by atoms with E-state index >= 15 is 0 Å². The molecule has 0 aliphatic heterocycles. The fraction of sp³-hybridized carbons (Fsp3) is 0.0345. The maximum atomic E-state index is 13.8. The Bertz CT molecular complexity index is 1910. The van der Waals surface area contributed by atoms with Gasteiger partial charge >= 0.3 is 29.6 Å². The number of nitriles is 2. The maximum Gasteiger partial charge on any atom is 1.00 e. The molecule has 0 saturated heterocycles. The summed E-state index contributed by atoms with van der Waals surface area (Å²) in [6, 6.07) is 10.5. The fourth-order valence-electron chi connectivity index (χ4n) is 3.28. The predicted octanol–water partition coefficient (Wildman–Crippen LogP) is 9.04. The summed E-state index contributed by atoms with van der Waals surface area (Å²) in [5.74, 6) is -2.98. The van der Waals surface area contributed by atoms with E-state index in [0.717, 1.165) is 24.3 Å². The van der Waals surface area contributed by atoms with Crippen LogP contribution >= 0.6 is 81.2 Å². The molecule has 4 rings (SSSR count). The van der Waals surface area contributed by atoms with Crippen molar-refractivity contribution >= 4 is 98.3 Å². The number of para-hydroxylation sites is 1. The summed E-state index contributed by atoms with van der Waals surface area (Å²) in [4.78, 5) is 6.20. The average Bonchev–Trinajstić information content (AvgIpc) is 3.00. The Morgan fingerprint density at radius 1 is 0.596 bits per heavy atom. The van der Waals surface area contributed by atoms with Crippen molar-refractivity contribution in [2.24, 2.45) is 0 Å². The number of nitrogens with two attached hydrogens (primary N) is 1. The minimum atomic E-state index is -0.776. The molecule has 0 aromatic heterocycles. The van der Waals surface area contributed by atoms with Gasteiger partial charge in [0, 0.05) is 12.0 Å². The van der Waals surface area contributed by atoms with E-state index in [2.05, 4.69) is 9.69 Å². The van der Waals surface area contributed by atoms with E-state index in [9.17, 15) is 22.8 Å². The first-order chi connectivity index (χ1) is 21.2. The van der Waals surface area contributed by atoms with Gasteiger partial charge in [0.25, 0.3) is 0 Å². The second kappa shape index (κ2) is 20.0. The van der Waals surface area contributed by atoms with E-state index in [1.165, 1.54) is 12.1 Å². The number of nitrogen functional groups attached to an aromatic ring is 1. The molecule has 0 amide bonds. The van der Waals surface area contributed by atoms with Crippen LogP contribution < -0.4 is 35.3 Å². The quantitative estimate of drug-likeness (QED) is 0.0546. The summed E-state index contributed by atoms with van der Waals surface area (Å²) in [6.07, 6.45) is -0.308. The zero-order chi connectivity index (χ0) is 34.2. The minimum absolute atomic E-state index is 0. The van der Waals surface area contributed by atoms with Crippen LogP contribution in [-0.2, 0) is 6.42 Å². The van der Waals surface area contributed by atoms with Crippen molar-refractivity contribution in [3.8, 4) is 12.1 Å². The topological polar surface area (TPSA) is 112 Å². The average molecular weight is 793 g/mol. The van der Waals surface area contributed by atoms with Crippen LogP contribution in [0.25, 0.3) is 9.69 Å². The molecule has 0 aliphatic rings. The molecule has 18 heteroatoms. The molecule has 3 N–H and O–H groups in total. The predicted molar refractivity (Wildman–Crippen MR) is 172 cm³/mol. The summed E-state index contributed by atoms with van der Waals surface area (Å²) >= 11 is 40.8. The number of anilines is 1. The summed E-state index contributed by atoms with van der Waals surface area (Å²) in [7, 11) is 0. The Morgan fingerprint density at radius 2 is 0.979 bits per heavy atom. The summed E-state index contributed by atoms with van der Waals surface area (Å²) in [6.45, 7) is 13.8. The second-order valence-corrected chi connectivity index (χ2v) is 10.7. The smallest absolute Gasteiger partial charge is 0.870 e. The van der Waals surface area contributed by atoms with Gasteiger partial charge in [0.15, 0.2) is 0 Å². The van der Waals surface area contributed by atoms with E-state index < -0.39 is 29.0 Å². The van der Waals surface area contributed by atoms with Crippen molar-refractivity contribution in [2.45, 2.75) is 6.42 Å². The zero-order valence-corrected chi connectivity index (χ0v) is 30.4. The van der Waals surface area contributed by atoms with Gasteiger partial charge < -0.3 is 11.2 Å². The molecular weight excluding hydrogens is 782 g/mol. The first-order valence-electron chi connectivity index (χ1n) is 11.4. The first kappa shape index (κ1) is 44.4. The molecule has 4 aromatic rings. The van der Waals surface area contributed by atoms with Gasteiger partial charge in [-0.1, -0.05) is 93.3 Å². The maximum absolute atomic E-state index is 13.8. The third-order valence-electron chi connectivity index (χ3n) is 5.50. The van der Waals surface area contributed by atoms with Crippen molar-refractivity contribution in [1.29, 1.82) is 10.5 Å². The van der Waals surface area contributed by atoms with Crippen LogP contribution in [-0.4, -0.2) is 5.48 Å². The Hall–Kier alpha value is -2.65.